The third kappa shape index (κ3) is 6.86. The molecule has 4 rings (SSSR count). The molecule has 10 heteroatoms. The fraction of sp³-hybridized carbons (Fsp3) is 0.462. The first-order chi connectivity index (χ1) is 17.5. The van der Waals surface area contributed by atoms with Crippen LogP contribution in [0.15, 0.2) is 48.5 Å². The highest BCUT2D eigenvalue weighted by Crippen LogP contribution is 2.26. The number of ether oxygens (including phenoxy) is 5. The van der Waals surface area contributed by atoms with E-state index in [4.69, 9.17) is 23.7 Å². The van der Waals surface area contributed by atoms with Gasteiger partial charge in [-0.2, -0.15) is 0 Å². The van der Waals surface area contributed by atoms with E-state index in [1.165, 1.54) is 24.3 Å². The van der Waals surface area contributed by atoms with Crippen molar-refractivity contribution in [1.29, 1.82) is 0 Å². The van der Waals surface area contributed by atoms with Gasteiger partial charge in [-0.1, -0.05) is 6.07 Å². The fourth-order valence-electron chi connectivity index (χ4n) is 4.18. The molecule has 194 valence electrons. The molecule has 1 unspecified atom stereocenters. The van der Waals surface area contributed by atoms with Gasteiger partial charge in [0.05, 0.1) is 39.9 Å². The van der Waals surface area contributed by atoms with Crippen molar-refractivity contribution >= 4 is 11.8 Å². The second-order valence-corrected chi connectivity index (χ2v) is 8.73. The Balaban J connectivity index is 1.44. The Hall–Kier alpha value is -3.37. The van der Waals surface area contributed by atoms with E-state index in [2.05, 4.69) is 0 Å². The highest BCUT2D eigenvalue weighted by Gasteiger charge is 2.42. The Bertz CT molecular complexity index is 1030. The Kier molecular flexibility index (Phi) is 8.61. The van der Waals surface area contributed by atoms with E-state index in [0.717, 1.165) is 0 Å². The summed E-state index contributed by atoms with van der Waals surface area (Å²) in [7, 11) is 1.56. The summed E-state index contributed by atoms with van der Waals surface area (Å²) in [5.41, 5.74) is -1.06. The molecule has 2 saturated heterocycles. The fourth-order valence-corrected chi connectivity index (χ4v) is 4.18. The van der Waals surface area contributed by atoms with E-state index in [9.17, 15) is 14.0 Å². The summed E-state index contributed by atoms with van der Waals surface area (Å²) in [5, 5.41) is 0. The summed E-state index contributed by atoms with van der Waals surface area (Å²) in [6.07, 6.45) is 0.0364. The maximum absolute atomic E-state index is 13.3. The third-order valence-electron chi connectivity index (χ3n) is 6.16. The lowest BCUT2D eigenvalue weighted by Gasteiger charge is -2.43. The Morgan fingerprint density at radius 1 is 0.917 bits per heavy atom. The number of morpholine rings is 2. The van der Waals surface area contributed by atoms with Gasteiger partial charge in [0.1, 0.15) is 35.3 Å². The van der Waals surface area contributed by atoms with Crippen LogP contribution in [-0.4, -0.2) is 93.5 Å². The van der Waals surface area contributed by atoms with Crippen LogP contribution in [0.4, 0.5) is 4.39 Å². The van der Waals surface area contributed by atoms with Crippen molar-refractivity contribution in [1.82, 2.24) is 9.80 Å². The number of carbonyl (C=O) groups excluding carboxylic acids is 2. The second-order valence-electron chi connectivity index (χ2n) is 8.73. The number of hydrogen-bond donors (Lipinski definition) is 0. The number of nitrogens with zero attached hydrogens (tertiary/aromatic N) is 2. The average Bonchev–Trinajstić information content (AvgIpc) is 2.92. The highest BCUT2D eigenvalue weighted by atomic mass is 19.1. The standard InChI is InChI=1S/C26H31FN2O7/c1-32-22-3-2-4-23(15-22)34-17-25(31)29-11-14-36-26(18-29,16-24(30)28-9-12-33-13-10-28)19-35-21-7-5-20(27)6-8-21/h2-8,15H,9-14,16-19H2,1H3. The Labute approximate surface area is 209 Å². The maximum Gasteiger partial charge on any atom is 0.260 e. The van der Waals surface area contributed by atoms with Gasteiger partial charge in [0.2, 0.25) is 5.91 Å². The molecule has 2 aliphatic heterocycles. The van der Waals surface area contributed by atoms with Crippen LogP contribution in [0.25, 0.3) is 0 Å². The van der Waals surface area contributed by atoms with Crippen LogP contribution in [-0.2, 0) is 19.1 Å². The van der Waals surface area contributed by atoms with Gasteiger partial charge in [0, 0.05) is 25.7 Å². The van der Waals surface area contributed by atoms with Crippen molar-refractivity contribution in [3.05, 3.63) is 54.3 Å². The Morgan fingerprint density at radius 2 is 1.64 bits per heavy atom. The van der Waals surface area contributed by atoms with Crippen molar-refractivity contribution in [2.75, 3.05) is 66.3 Å². The first-order valence-electron chi connectivity index (χ1n) is 11.9. The van der Waals surface area contributed by atoms with Gasteiger partial charge in [-0.05, 0) is 36.4 Å². The zero-order valence-electron chi connectivity index (χ0n) is 20.3. The molecule has 0 saturated carbocycles. The number of carbonyl (C=O) groups is 2. The lowest BCUT2D eigenvalue weighted by atomic mass is 9.96. The van der Waals surface area contributed by atoms with Crippen LogP contribution < -0.4 is 14.2 Å². The predicted octanol–water partition coefficient (Wildman–Crippen LogP) is 2.14. The number of amides is 2. The Morgan fingerprint density at radius 3 is 2.39 bits per heavy atom. The smallest absolute Gasteiger partial charge is 0.260 e. The van der Waals surface area contributed by atoms with Gasteiger partial charge in [-0.25, -0.2) is 4.39 Å². The molecule has 2 aromatic rings. The lowest BCUT2D eigenvalue weighted by Crippen LogP contribution is -2.59. The molecule has 2 aromatic carbocycles. The van der Waals surface area contributed by atoms with Crippen molar-refractivity contribution in [3.63, 3.8) is 0 Å². The van der Waals surface area contributed by atoms with Crippen molar-refractivity contribution in [2.24, 2.45) is 0 Å². The van der Waals surface area contributed by atoms with Crippen LogP contribution in [0, 0.1) is 5.82 Å². The van der Waals surface area contributed by atoms with Crippen molar-refractivity contribution in [2.45, 2.75) is 12.0 Å². The predicted molar refractivity (Wildman–Crippen MR) is 128 cm³/mol. The summed E-state index contributed by atoms with van der Waals surface area (Å²) in [6.45, 7) is 2.60. The largest absolute Gasteiger partial charge is 0.497 e. The van der Waals surface area contributed by atoms with E-state index in [1.807, 2.05) is 0 Å². The van der Waals surface area contributed by atoms with Gasteiger partial charge < -0.3 is 33.5 Å². The topological polar surface area (TPSA) is 86.8 Å². The molecule has 2 fully saturated rings. The first-order valence-corrected chi connectivity index (χ1v) is 11.9. The second kappa shape index (κ2) is 12.0. The van der Waals surface area contributed by atoms with Crippen LogP contribution in [0.5, 0.6) is 17.2 Å². The summed E-state index contributed by atoms with van der Waals surface area (Å²) >= 11 is 0. The molecule has 0 bridgehead atoms. The van der Waals surface area contributed by atoms with Crippen molar-refractivity contribution < 1.29 is 37.7 Å². The molecule has 2 amide bonds. The molecule has 9 nitrogen and oxygen atoms in total. The minimum Gasteiger partial charge on any atom is -0.497 e. The van der Waals surface area contributed by atoms with Gasteiger partial charge in [0.25, 0.3) is 5.91 Å². The molecule has 2 heterocycles. The van der Waals surface area contributed by atoms with Gasteiger partial charge >= 0.3 is 0 Å². The number of rotatable bonds is 9. The molecule has 0 spiro atoms. The normalized spacial score (nSPS) is 20.1. The van der Waals surface area contributed by atoms with E-state index in [-0.39, 0.29) is 50.4 Å². The van der Waals surface area contributed by atoms with Crippen LogP contribution in [0.2, 0.25) is 0 Å². The molecular formula is C26H31FN2O7. The summed E-state index contributed by atoms with van der Waals surface area (Å²) in [5.74, 6) is 0.896. The number of hydrogen-bond acceptors (Lipinski definition) is 7. The third-order valence-corrected chi connectivity index (χ3v) is 6.16. The molecule has 0 aromatic heterocycles. The zero-order valence-corrected chi connectivity index (χ0v) is 20.3. The molecule has 36 heavy (non-hydrogen) atoms. The van der Waals surface area contributed by atoms with Gasteiger partial charge in [-0.3, -0.25) is 9.59 Å². The van der Waals surface area contributed by atoms with E-state index in [1.54, 1.807) is 41.2 Å². The van der Waals surface area contributed by atoms with Gasteiger partial charge in [-0.15, -0.1) is 0 Å². The highest BCUT2D eigenvalue weighted by molar-refractivity contribution is 5.79. The average molecular weight is 503 g/mol. The number of methoxy groups -OCH3 is 1. The molecule has 2 aliphatic rings. The summed E-state index contributed by atoms with van der Waals surface area (Å²) < 4.78 is 41.6. The molecular weight excluding hydrogens is 471 g/mol. The first kappa shape index (κ1) is 25.7. The molecule has 0 N–H and O–H groups in total. The van der Waals surface area contributed by atoms with Crippen LogP contribution in [0.1, 0.15) is 6.42 Å². The van der Waals surface area contributed by atoms with E-state index in [0.29, 0.717) is 50.1 Å². The van der Waals surface area contributed by atoms with Crippen LogP contribution >= 0.6 is 0 Å². The maximum atomic E-state index is 13.3. The lowest BCUT2D eigenvalue weighted by molar-refractivity contribution is -0.168. The van der Waals surface area contributed by atoms with Crippen molar-refractivity contribution in [3.8, 4) is 17.2 Å². The monoisotopic (exact) mass is 502 g/mol. The van der Waals surface area contributed by atoms with E-state index >= 15 is 0 Å². The molecule has 0 radical (unpaired) electrons. The minimum absolute atomic E-state index is 0.0230. The SMILES string of the molecule is COc1cccc(OCC(=O)N2CCOC(COc3ccc(F)cc3)(CC(=O)N3CCOCC3)C2)c1. The molecule has 0 aliphatic carbocycles. The van der Waals surface area contributed by atoms with E-state index < -0.39 is 5.60 Å². The quantitative estimate of drug-likeness (QED) is 0.519. The van der Waals surface area contributed by atoms with Gasteiger partial charge in [0.15, 0.2) is 6.61 Å². The summed E-state index contributed by atoms with van der Waals surface area (Å²) in [4.78, 5) is 29.5. The zero-order chi connectivity index (χ0) is 25.4. The summed E-state index contributed by atoms with van der Waals surface area (Å²) in [6, 6.07) is 12.6. The molecule has 1 atom stereocenters. The number of benzene rings is 2. The van der Waals surface area contributed by atoms with Crippen LogP contribution in [0.3, 0.4) is 0 Å². The minimum atomic E-state index is -1.06. The number of halogens is 1.